The number of carboxylic acid groups (broad SMARTS) is 1. The van der Waals surface area contributed by atoms with E-state index in [9.17, 15) is 4.79 Å². The van der Waals surface area contributed by atoms with Crippen LogP contribution in [-0.4, -0.2) is 11.1 Å². The van der Waals surface area contributed by atoms with Crippen LogP contribution >= 0.6 is 59.1 Å². The van der Waals surface area contributed by atoms with Crippen LogP contribution in [0.2, 0.25) is 0 Å². The van der Waals surface area contributed by atoms with Crippen LogP contribution in [0.4, 0.5) is 5.69 Å². The largest absolute Gasteiger partial charge is 0.477 e. The van der Waals surface area contributed by atoms with Crippen molar-refractivity contribution in [3.8, 4) is 0 Å². The third-order valence-corrected chi connectivity index (χ3v) is 5.50. The second-order valence-corrected chi connectivity index (χ2v) is 7.23. The van der Waals surface area contributed by atoms with Gasteiger partial charge in [-0.25, -0.2) is 4.79 Å². The minimum absolute atomic E-state index is 0.332. The van der Waals surface area contributed by atoms with Crippen LogP contribution in [0.3, 0.4) is 0 Å². The van der Waals surface area contributed by atoms with Gasteiger partial charge in [0, 0.05) is 14.6 Å². The van der Waals surface area contributed by atoms with E-state index < -0.39 is 5.97 Å². The molecule has 0 atom stereocenters. The number of halogens is 3. The Kier molecular flexibility index (Phi) is 6.34. The van der Waals surface area contributed by atoms with E-state index in [4.69, 9.17) is 10.8 Å². The van der Waals surface area contributed by atoms with E-state index in [0.717, 1.165) is 18.4 Å². The Bertz CT molecular complexity index is 499. The van der Waals surface area contributed by atoms with Crippen molar-refractivity contribution < 1.29 is 9.90 Å². The molecule has 1 aromatic heterocycles. The Morgan fingerprint density at radius 2 is 1.72 bits per heavy atom. The molecule has 2 rings (SSSR count). The lowest BCUT2D eigenvalue weighted by Crippen LogP contribution is -1.89. The molecule has 0 unspecified atom stereocenters. The van der Waals surface area contributed by atoms with E-state index in [0.29, 0.717) is 4.88 Å². The van der Waals surface area contributed by atoms with Crippen LogP contribution in [0.1, 0.15) is 9.67 Å². The van der Waals surface area contributed by atoms with Crippen LogP contribution in [0.25, 0.3) is 0 Å². The van der Waals surface area contributed by atoms with Crippen LogP contribution < -0.4 is 5.73 Å². The van der Waals surface area contributed by atoms with Crippen molar-refractivity contribution in [3.63, 3.8) is 0 Å². The average molecular weight is 458 g/mol. The molecule has 0 aliphatic carbocycles. The van der Waals surface area contributed by atoms with Gasteiger partial charge in [-0.1, -0.05) is 15.9 Å². The minimum Gasteiger partial charge on any atom is -0.477 e. The number of rotatable bonds is 1. The predicted octanol–water partition coefficient (Wildman–Crippen LogP) is 5.00. The molecule has 96 valence electrons. The highest BCUT2D eigenvalue weighted by atomic mass is 79.9. The Morgan fingerprint density at radius 1 is 1.17 bits per heavy atom. The van der Waals surface area contributed by atoms with Crippen LogP contribution in [-0.2, 0) is 0 Å². The Labute approximate surface area is 133 Å². The molecule has 1 heterocycles. The van der Waals surface area contributed by atoms with Crippen LogP contribution in [0.15, 0.2) is 43.1 Å². The van der Waals surface area contributed by atoms with Crippen LogP contribution in [0, 0.1) is 0 Å². The molecule has 3 nitrogen and oxygen atoms in total. The van der Waals surface area contributed by atoms with Gasteiger partial charge in [-0.2, -0.15) is 0 Å². The van der Waals surface area contributed by atoms with Gasteiger partial charge in [-0.3, -0.25) is 0 Å². The van der Waals surface area contributed by atoms with Gasteiger partial charge in [0.05, 0.1) is 3.79 Å². The first-order valence-electron chi connectivity index (χ1n) is 4.59. The van der Waals surface area contributed by atoms with E-state index >= 15 is 0 Å². The monoisotopic (exact) mass is 455 g/mol. The minimum atomic E-state index is -0.892. The summed E-state index contributed by atoms with van der Waals surface area (Å²) in [6.07, 6.45) is 0. The van der Waals surface area contributed by atoms with Crippen molar-refractivity contribution in [1.29, 1.82) is 0 Å². The molecule has 7 heteroatoms. The number of anilines is 1. The highest BCUT2D eigenvalue weighted by Crippen LogP contribution is 2.32. The SMILES string of the molecule is Nc1ccc(Br)cc1.O=C(O)c1cc(Br)c(Br)s1. The Hall–Kier alpha value is -0.370. The standard InChI is InChI=1S/C6H6BrN.C5H2Br2O2S/c7-5-1-3-6(8)4-2-5;6-2-1-3(5(8)9)10-4(2)7/h1-4H,8H2;1H,(H,8,9). The highest BCUT2D eigenvalue weighted by molar-refractivity contribution is 9.13. The normalized spacial score (nSPS) is 9.50. The van der Waals surface area contributed by atoms with Gasteiger partial charge in [0.2, 0.25) is 0 Å². The van der Waals surface area contributed by atoms with Crippen molar-refractivity contribution in [2.24, 2.45) is 0 Å². The maximum atomic E-state index is 10.3. The molecule has 0 saturated carbocycles. The zero-order valence-corrected chi connectivity index (χ0v) is 14.4. The molecular formula is C11H8Br3NO2S. The quantitative estimate of drug-likeness (QED) is 0.592. The summed E-state index contributed by atoms with van der Waals surface area (Å²) in [6, 6.07) is 9.09. The number of thiophene rings is 1. The first-order valence-corrected chi connectivity index (χ1v) is 7.79. The van der Waals surface area contributed by atoms with Crippen molar-refractivity contribution in [2.45, 2.75) is 0 Å². The van der Waals surface area contributed by atoms with Crippen molar-refractivity contribution in [3.05, 3.63) is 47.9 Å². The number of benzene rings is 1. The van der Waals surface area contributed by atoms with Gasteiger partial charge in [0.25, 0.3) is 0 Å². The lowest BCUT2D eigenvalue weighted by Gasteiger charge is -1.88. The number of hydrogen-bond donors (Lipinski definition) is 2. The lowest BCUT2D eigenvalue weighted by molar-refractivity contribution is 0.0702. The molecule has 0 amide bonds. The second kappa shape index (κ2) is 7.28. The molecule has 0 saturated heterocycles. The maximum absolute atomic E-state index is 10.3. The van der Waals surface area contributed by atoms with Gasteiger partial charge >= 0.3 is 5.97 Å². The summed E-state index contributed by atoms with van der Waals surface area (Å²) >= 11 is 10.9. The maximum Gasteiger partial charge on any atom is 0.345 e. The molecule has 0 aliphatic heterocycles. The first kappa shape index (κ1) is 15.7. The number of nitrogens with two attached hydrogens (primary N) is 1. The average Bonchev–Trinajstić information content (AvgIpc) is 2.65. The Balaban J connectivity index is 0.000000184. The number of aromatic carboxylic acids is 1. The van der Waals surface area contributed by atoms with E-state index in [1.165, 1.54) is 11.3 Å². The van der Waals surface area contributed by atoms with Gasteiger partial charge < -0.3 is 10.8 Å². The van der Waals surface area contributed by atoms with Gasteiger partial charge in [0.1, 0.15) is 4.88 Å². The van der Waals surface area contributed by atoms with E-state index in [-0.39, 0.29) is 0 Å². The summed E-state index contributed by atoms with van der Waals surface area (Å²) in [5.41, 5.74) is 6.21. The smallest absolute Gasteiger partial charge is 0.345 e. The summed E-state index contributed by atoms with van der Waals surface area (Å²) < 4.78 is 2.66. The van der Waals surface area contributed by atoms with Crippen molar-refractivity contribution in [1.82, 2.24) is 0 Å². The van der Waals surface area contributed by atoms with E-state index in [1.807, 2.05) is 24.3 Å². The summed E-state index contributed by atoms with van der Waals surface area (Å²) in [5, 5.41) is 8.49. The zero-order chi connectivity index (χ0) is 13.7. The summed E-state index contributed by atoms with van der Waals surface area (Å²) in [6.45, 7) is 0. The lowest BCUT2D eigenvalue weighted by atomic mass is 10.3. The first-order chi connectivity index (χ1) is 8.40. The van der Waals surface area contributed by atoms with E-state index in [2.05, 4.69) is 47.8 Å². The fraction of sp³-hybridized carbons (Fsp3) is 0. The topological polar surface area (TPSA) is 63.3 Å². The molecule has 0 spiro atoms. The molecule has 0 fully saturated rings. The zero-order valence-electron chi connectivity index (χ0n) is 8.86. The number of carbonyl (C=O) groups is 1. The van der Waals surface area contributed by atoms with Crippen molar-refractivity contribution >= 4 is 70.8 Å². The molecular weight excluding hydrogens is 450 g/mol. The van der Waals surface area contributed by atoms with Gasteiger partial charge in [-0.05, 0) is 62.2 Å². The predicted molar refractivity (Wildman–Crippen MR) is 85.2 cm³/mol. The third kappa shape index (κ3) is 5.09. The fourth-order valence-electron chi connectivity index (χ4n) is 0.915. The Morgan fingerprint density at radius 3 is 2.00 bits per heavy atom. The fourth-order valence-corrected chi connectivity index (χ4v) is 3.05. The molecule has 3 N–H and O–H groups in total. The molecule has 0 bridgehead atoms. The van der Waals surface area contributed by atoms with E-state index in [1.54, 1.807) is 6.07 Å². The van der Waals surface area contributed by atoms with Crippen LogP contribution in [0.5, 0.6) is 0 Å². The highest BCUT2D eigenvalue weighted by Gasteiger charge is 2.09. The van der Waals surface area contributed by atoms with Gasteiger partial charge in [-0.15, -0.1) is 11.3 Å². The number of nitrogen functional groups attached to an aromatic ring is 1. The second-order valence-electron chi connectivity index (χ2n) is 3.09. The number of hydrogen-bond acceptors (Lipinski definition) is 3. The summed E-state index contributed by atoms with van der Waals surface area (Å²) in [4.78, 5) is 10.7. The molecule has 1 aromatic carbocycles. The van der Waals surface area contributed by atoms with Gasteiger partial charge in [0.15, 0.2) is 0 Å². The molecule has 0 radical (unpaired) electrons. The molecule has 2 aromatic rings. The molecule has 18 heavy (non-hydrogen) atoms. The molecule has 0 aliphatic rings. The third-order valence-electron chi connectivity index (χ3n) is 1.73. The number of carboxylic acids is 1. The summed E-state index contributed by atoms with van der Waals surface area (Å²) in [7, 11) is 0. The summed E-state index contributed by atoms with van der Waals surface area (Å²) in [5.74, 6) is -0.892. The van der Waals surface area contributed by atoms with Crippen molar-refractivity contribution in [2.75, 3.05) is 5.73 Å².